The molecule has 5 nitrogen and oxygen atoms in total. The van der Waals surface area contributed by atoms with Gasteiger partial charge < -0.3 is 10.1 Å². The molecule has 1 fully saturated rings. The van der Waals surface area contributed by atoms with Gasteiger partial charge in [0.25, 0.3) is 0 Å². The Morgan fingerprint density at radius 3 is 2.80 bits per heavy atom. The van der Waals surface area contributed by atoms with Gasteiger partial charge in [0.05, 0.1) is 27.7 Å². The zero-order valence-electron chi connectivity index (χ0n) is 11.0. The molecule has 112 valence electrons. The van der Waals surface area contributed by atoms with Gasteiger partial charge >= 0.3 is 0 Å². The second-order valence-electron chi connectivity index (χ2n) is 4.49. The van der Waals surface area contributed by atoms with E-state index in [9.17, 15) is 8.42 Å². The highest BCUT2D eigenvalue weighted by Crippen LogP contribution is 2.27. The summed E-state index contributed by atoms with van der Waals surface area (Å²) in [5.74, 6) is 0. The Balaban J connectivity index is 2.23. The minimum absolute atomic E-state index is 0.147. The highest BCUT2D eigenvalue weighted by atomic mass is 35.5. The molecule has 0 aliphatic carbocycles. The van der Waals surface area contributed by atoms with Crippen molar-refractivity contribution in [3.05, 3.63) is 28.2 Å². The predicted octanol–water partition coefficient (Wildman–Crippen LogP) is 1.60. The lowest BCUT2D eigenvalue weighted by Gasteiger charge is -2.32. The number of likely N-dealkylation sites (N-methyl/N-ethyl adjacent to an activating group) is 1. The third kappa shape index (κ3) is 3.44. The van der Waals surface area contributed by atoms with Crippen molar-refractivity contribution in [2.45, 2.75) is 11.0 Å². The van der Waals surface area contributed by atoms with Gasteiger partial charge in [-0.2, -0.15) is 4.31 Å². The fraction of sp³-hybridized carbons (Fsp3) is 0.500. The molecular formula is C12H16Cl2N2O3S. The highest BCUT2D eigenvalue weighted by Gasteiger charge is 2.30. The molecule has 1 heterocycles. The van der Waals surface area contributed by atoms with Crippen LogP contribution in [-0.2, 0) is 14.8 Å². The van der Waals surface area contributed by atoms with Crippen LogP contribution in [0, 0.1) is 0 Å². The summed E-state index contributed by atoms with van der Waals surface area (Å²) in [5.41, 5.74) is 0. The van der Waals surface area contributed by atoms with Gasteiger partial charge in [-0.05, 0) is 25.2 Å². The first-order valence-corrected chi connectivity index (χ1v) is 8.36. The minimum Gasteiger partial charge on any atom is -0.374 e. The molecular weight excluding hydrogens is 323 g/mol. The van der Waals surface area contributed by atoms with Crippen LogP contribution in [-0.4, -0.2) is 52.1 Å². The Morgan fingerprint density at radius 2 is 2.15 bits per heavy atom. The van der Waals surface area contributed by atoms with E-state index in [0.717, 1.165) is 0 Å². The Kier molecular flexibility index (Phi) is 5.28. The zero-order chi connectivity index (χ0) is 14.8. The van der Waals surface area contributed by atoms with Crippen molar-refractivity contribution >= 4 is 33.2 Å². The van der Waals surface area contributed by atoms with Gasteiger partial charge in [-0.1, -0.05) is 23.2 Å². The summed E-state index contributed by atoms with van der Waals surface area (Å²) in [6.45, 7) is 1.65. The van der Waals surface area contributed by atoms with E-state index in [1.165, 1.54) is 22.5 Å². The van der Waals surface area contributed by atoms with Crippen LogP contribution < -0.4 is 5.32 Å². The van der Waals surface area contributed by atoms with Crippen LogP contribution >= 0.6 is 23.2 Å². The van der Waals surface area contributed by atoms with Crippen LogP contribution in [0.1, 0.15) is 0 Å². The predicted molar refractivity (Wildman–Crippen MR) is 78.9 cm³/mol. The molecule has 1 aliphatic heterocycles. The molecule has 1 N–H and O–H groups in total. The first kappa shape index (κ1) is 16.0. The van der Waals surface area contributed by atoms with E-state index in [1.807, 2.05) is 0 Å². The average molecular weight is 339 g/mol. The molecule has 1 saturated heterocycles. The number of hydrogen-bond acceptors (Lipinski definition) is 4. The summed E-state index contributed by atoms with van der Waals surface area (Å²) in [6, 6.07) is 4.33. The summed E-state index contributed by atoms with van der Waals surface area (Å²) in [4.78, 5) is 0.150. The number of morpholine rings is 1. The van der Waals surface area contributed by atoms with Crippen molar-refractivity contribution < 1.29 is 13.2 Å². The number of sulfonamides is 1. The van der Waals surface area contributed by atoms with Gasteiger partial charge in [-0.25, -0.2) is 8.42 Å². The second-order valence-corrected chi connectivity index (χ2v) is 7.24. The van der Waals surface area contributed by atoms with Gasteiger partial charge in [0.1, 0.15) is 0 Å². The van der Waals surface area contributed by atoms with Crippen LogP contribution in [0.15, 0.2) is 23.1 Å². The van der Waals surface area contributed by atoms with Crippen molar-refractivity contribution in [2.75, 3.05) is 33.3 Å². The normalized spacial score (nSPS) is 21.1. The number of rotatable bonds is 4. The van der Waals surface area contributed by atoms with Gasteiger partial charge in [0.15, 0.2) is 0 Å². The highest BCUT2D eigenvalue weighted by molar-refractivity contribution is 7.89. The van der Waals surface area contributed by atoms with Gasteiger partial charge in [0.2, 0.25) is 10.0 Å². The van der Waals surface area contributed by atoms with E-state index in [4.69, 9.17) is 27.9 Å². The topological polar surface area (TPSA) is 58.6 Å². The fourth-order valence-electron chi connectivity index (χ4n) is 2.05. The first-order valence-electron chi connectivity index (χ1n) is 6.16. The van der Waals surface area contributed by atoms with Crippen LogP contribution in [0.3, 0.4) is 0 Å². The van der Waals surface area contributed by atoms with E-state index in [0.29, 0.717) is 31.3 Å². The van der Waals surface area contributed by atoms with E-state index < -0.39 is 10.0 Å². The van der Waals surface area contributed by atoms with E-state index in [-0.39, 0.29) is 16.0 Å². The van der Waals surface area contributed by atoms with Crippen molar-refractivity contribution in [1.29, 1.82) is 0 Å². The molecule has 0 spiro atoms. The Morgan fingerprint density at radius 1 is 1.40 bits per heavy atom. The summed E-state index contributed by atoms with van der Waals surface area (Å²) >= 11 is 11.7. The first-order chi connectivity index (χ1) is 9.45. The van der Waals surface area contributed by atoms with Crippen molar-refractivity contribution in [3.63, 3.8) is 0 Å². The maximum atomic E-state index is 12.5. The lowest BCUT2D eigenvalue weighted by molar-refractivity contribution is 0.000824. The third-order valence-electron chi connectivity index (χ3n) is 3.06. The number of ether oxygens (including phenoxy) is 1. The standard InChI is InChI=1S/C12H16Cl2N2O3S/c1-15-7-9-8-16(4-5-19-9)20(17,18)10-2-3-11(13)12(14)6-10/h2-3,6,9,15H,4-5,7-8H2,1H3. The zero-order valence-corrected chi connectivity index (χ0v) is 13.3. The molecule has 0 aromatic heterocycles. The smallest absolute Gasteiger partial charge is 0.243 e. The SMILES string of the molecule is CNCC1CN(S(=O)(=O)c2ccc(Cl)c(Cl)c2)CCO1. The van der Waals surface area contributed by atoms with Crippen molar-refractivity contribution in [1.82, 2.24) is 9.62 Å². The summed E-state index contributed by atoms with van der Waals surface area (Å²) in [5, 5.41) is 3.54. The molecule has 8 heteroatoms. The Hall–Kier alpha value is -0.370. The van der Waals surface area contributed by atoms with Crippen LogP contribution in [0.2, 0.25) is 10.0 Å². The minimum atomic E-state index is -3.57. The molecule has 20 heavy (non-hydrogen) atoms. The maximum absolute atomic E-state index is 12.5. The summed E-state index contributed by atoms with van der Waals surface area (Å²) in [7, 11) is -1.77. The van der Waals surface area contributed by atoms with E-state index in [1.54, 1.807) is 7.05 Å². The fourth-order valence-corrected chi connectivity index (χ4v) is 3.89. The number of hydrogen-bond donors (Lipinski definition) is 1. The molecule has 1 aromatic rings. The van der Waals surface area contributed by atoms with Gasteiger partial charge in [-0.3, -0.25) is 0 Å². The molecule has 0 radical (unpaired) electrons. The van der Waals surface area contributed by atoms with Crippen LogP contribution in [0.4, 0.5) is 0 Å². The molecule has 2 rings (SSSR count). The van der Waals surface area contributed by atoms with E-state index >= 15 is 0 Å². The van der Waals surface area contributed by atoms with Gasteiger partial charge in [-0.15, -0.1) is 0 Å². The molecule has 1 aliphatic rings. The molecule has 0 amide bonds. The van der Waals surface area contributed by atoms with Crippen LogP contribution in [0.5, 0.6) is 0 Å². The Bertz CT molecular complexity index is 578. The monoisotopic (exact) mass is 338 g/mol. The lowest BCUT2D eigenvalue weighted by atomic mass is 10.3. The molecule has 0 saturated carbocycles. The van der Waals surface area contributed by atoms with Crippen LogP contribution in [0.25, 0.3) is 0 Å². The van der Waals surface area contributed by atoms with Crippen molar-refractivity contribution in [2.24, 2.45) is 0 Å². The number of nitrogens with zero attached hydrogens (tertiary/aromatic N) is 1. The molecule has 0 bridgehead atoms. The third-order valence-corrected chi connectivity index (χ3v) is 5.66. The summed E-state index contributed by atoms with van der Waals surface area (Å²) in [6.07, 6.45) is -0.147. The average Bonchev–Trinajstić information content (AvgIpc) is 2.42. The molecule has 1 unspecified atom stereocenters. The van der Waals surface area contributed by atoms with E-state index in [2.05, 4.69) is 5.32 Å². The summed E-state index contributed by atoms with van der Waals surface area (Å²) < 4.78 is 32.0. The van der Waals surface area contributed by atoms with Crippen molar-refractivity contribution in [3.8, 4) is 0 Å². The quantitative estimate of drug-likeness (QED) is 0.905. The van der Waals surface area contributed by atoms with Gasteiger partial charge in [0, 0.05) is 19.6 Å². The molecule has 1 aromatic carbocycles. The molecule has 1 atom stereocenters. The Labute approximate surface area is 128 Å². The second kappa shape index (κ2) is 6.60. The largest absolute Gasteiger partial charge is 0.374 e. The maximum Gasteiger partial charge on any atom is 0.243 e. The lowest BCUT2D eigenvalue weighted by Crippen LogP contribution is -2.48. The number of nitrogens with one attached hydrogen (secondary N) is 1. The number of benzene rings is 1. The number of halogens is 2.